The average molecular weight is 1650 g/mol. The third-order valence-corrected chi connectivity index (χ3v) is 22.1. The van der Waals surface area contributed by atoms with Gasteiger partial charge in [-0.05, 0) is 175 Å². The highest BCUT2D eigenvalue weighted by atomic mass is 16.5. The lowest BCUT2D eigenvalue weighted by molar-refractivity contribution is 0.0701. The summed E-state index contributed by atoms with van der Waals surface area (Å²) in [6, 6.07) is 18.4. The van der Waals surface area contributed by atoms with Crippen LogP contribution in [-0.4, -0.2) is 182 Å². The lowest BCUT2D eigenvalue weighted by Gasteiger charge is -2.32. The summed E-state index contributed by atoms with van der Waals surface area (Å²) in [5, 5.41) is 39.9. The number of ether oxygens (including phenoxy) is 3. The van der Waals surface area contributed by atoms with Crippen molar-refractivity contribution in [2.24, 2.45) is 38.9 Å². The van der Waals surface area contributed by atoms with Crippen molar-refractivity contribution in [1.82, 2.24) is 106 Å². The molecule has 0 spiro atoms. The molecule has 3 amide bonds. The van der Waals surface area contributed by atoms with Gasteiger partial charge in [-0.15, -0.1) is 0 Å². The van der Waals surface area contributed by atoms with E-state index in [-0.39, 0.29) is 33.4 Å². The van der Waals surface area contributed by atoms with Crippen molar-refractivity contribution in [1.29, 1.82) is 0 Å². The van der Waals surface area contributed by atoms with Crippen LogP contribution >= 0.6 is 0 Å². The molecule has 3 aliphatic heterocycles. The summed E-state index contributed by atoms with van der Waals surface area (Å²) in [7, 11) is 5.32. The number of hydrogen-bond donors (Lipinski definition) is 9. The number of amides is 3. The fraction of sp³-hybridized carbons (Fsp3) is 0.435. The molecular formula is C85H104N24O12. The van der Waals surface area contributed by atoms with E-state index in [2.05, 4.69) is 132 Å². The number of benzene rings is 3. The number of hydroxylamine groups is 3. The fourth-order valence-electron chi connectivity index (χ4n) is 16.0. The number of nitrogens with zero attached hydrogens (tertiary/aromatic N) is 18. The van der Waals surface area contributed by atoms with E-state index in [4.69, 9.17) is 44.8 Å². The molecule has 15 rings (SSSR count). The molecule has 0 atom stereocenters. The molecule has 0 radical (unpaired) electrons. The zero-order chi connectivity index (χ0) is 85.4. The quantitative estimate of drug-likeness (QED) is 0.0163. The summed E-state index contributed by atoms with van der Waals surface area (Å²) in [6.45, 7) is 18.4. The normalized spacial score (nSPS) is 14.0. The van der Waals surface area contributed by atoms with Crippen LogP contribution in [0.4, 0.5) is 17.8 Å². The molecule has 36 nitrogen and oxygen atoms in total. The summed E-state index contributed by atoms with van der Waals surface area (Å²) in [5.74, 6) is 4.82. The Kier molecular flexibility index (Phi) is 28.2. The van der Waals surface area contributed by atoms with Gasteiger partial charge in [-0.3, -0.25) is 58.4 Å². The Balaban J connectivity index is 0.000000157. The molecule has 636 valence electrons. The van der Waals surface area contributed by atoms with Crippen molar-refractivity contribution in [3.8, 4) is 51.4 Å². The van der Waals surface area contributed by atoms with E-state index in [1.165, 1.54) is 37.2 Å². The number of fused-ring (bicyclic) bond motifs is 3. The Morgan fingerprint density at radius 1 is 0.405 bits per heavy atom. The molecule has 12 aromatic rings. The summed E-state index contributed by atoms with van der Waals surface area (Å²) >= 11 is 0. The molecule has 3 saturated heterocycles. The maximum Gasteiger partial charge on any atom is 0.277 e. The third kappa shape index (κ3) is 20.0. The van der Waals surface area contributed by atoms with E-state index in [1.54, 1.807) is 51.6 Å². The Morgan fingerprint density at radius 2 is 0.686 bits per heavy atom. The van der Waals surface area contributed by atoms with E-state index >= 15 is 0 Å². The SMILES string of the molecule is CCCc1nn(C)c2c(=O)[nH]c(-c3cc(CC4CCN(c5ncc(C(=O)NO)cn5)CC4)ccc3OCC)nc12.CCCc1nn(C)c2c(=O)[nH]c(-c3cc(CC4CCN(c5ncc(C(=O)NO)cn5)CC4)ccc3OCC)nc12.CCCc1nn(C)c2c(=O)[nH]c(-c3cc(CCC4CCN(c5ncc(C(=O)NO)cn5)CC4)ccc3OCC)nc12. The molecule has 36 heteroatoms. The van der Waals surface area contributed by atoms with Gasteiger partial charge in [-0.1, -0.05) is 58.2 Å². The zero-order valence-electron chi connectivity index (χ0n) is 69.6. The minimum Gasteiger partial charge on any atom is -0.493 e. The first-order valence-corrected chi connectivity index (χ1v) is 41.4. The van der Waals surface area contributed by atoms with Gasteiger partial charge in [0.05, 0.1) is 70.3 Å². The Labute approximate surface area is 696 Å². The molecule has 9 aromatic heterocycles. The molecule has 0 unspecified atom stereocenters. The van der Waals surface area contributed by atoms with Gasteiger partial charge in [0.15, 0.2) is 16.6 Å². The van der Waals surface area contributed by atoms with Crippen LogP contribution in [0.15, 0.2) is 106 Å². The molecule has 0 saturated carbocycles. The Morgan fingerprint density at radius 3 is 0.967 bits per heavy atom. The molecule has 12 heterocycles. The highest BCUT2D eigenvalue weighted by Gasteiger charge is 2.29. The van der Waals surface area contributed by atoms with Crippen LogP contribution in [0.5, 0.6) is 17.2 Å². The zero-order valence-corrected chi connectivity index (χ0v) is 69.6. The number of piperidine rings is 3. The van der Waals surface area contributed by atoms with Gasteiger partial charge in [-0.25, -0.2) is 61.3 Å². The molecular weight excluding hydrogens is 1550 g/mol. The first-order chi connectivity index (χ1) is 58.7. The number of carbonyl (C=O) groups is 3. The Bertz CT molecular complexity index is 5570. The minimum atomic E-state index is -0.638. The molecule has 121 heavy (non-hydrogen) atoms. The summed E-state index contributed by atoms with van der Waals surface area (Å²) in [5.41, 5.74) is 16.3. The van der Waals surface area contributed by atoms with Crippen LogP contribution in [0.25, 0.3) is 67.3 Å². The van der Waals surface area contributed by atoms with E-state index in [9.17, 15) is 28.8 Å². The second-order valence-electron chi connectivity index (χ2n) is 30.5. The summed E-state index contributed by atoms with van der Waals surface area (Å²) in [4.78, 5) is 129. The second kappa shape index (κ2) is 39.7. The van der Waals surface area contributed by atoms with Crippen LogP contribution < -0.4 is 62.0 Å². The van der Waals surface area contributed by atoms with Gasteiger partial charge < -0.3 is 43.9 Å². The second-order valence-corrected chi connectivity index (χ2v) is 30.5. The molecule has 0 aliphatic carbocycles. The fourth-order valence-corrected chi connectivity index (χ4v) is 16.0. The molecule has 3 aromatic carbocycles. The maximum absolute atomic E-state index is 13.1. The number of anilines is 3. The van der Waals surface area contributed by atoms with Gasteiger partial charge in [0.25, 0.3) is 34.4 Å². The smallest absolute Gasteiger partial charge is 0.277 e. The first-order valence-electron chi connectivity index (χ1n) is 41.4. The number of carbonyl (C=O) groups excluding carboxylic acids is 3. The van der Waals surface area contributed by atoms with E-state index in [0.717, 1.165) is 192 Å². The largest absolute Gasteiger partial charge is 0.493 e. The number of hydrogen-bond acceptors (Lipinski definition) is 27. The minimum absolute atomic E-state index is 0.201. The maximum atomic E-state index is 13.1. The van der Waals surface area contributed by atoms with Crippen molar-refractivity contribution in [3.63, 3.8) is 0 Å². The number of H-pyrrole nitrogens is 3. The van der Waals surface area contributed by atoms with Gasteiger partial charge in [0.1, 0.15) is 51.3 Å². The number of aromatic amines is 3. The predicted octanol–water partition coefficient (Wildman–Crippen LogP) is 9.52. The monoisotopic (exact) mass is 1650 g/mol. The van der Waals surface area contributed by atoms with Gasteiger partial charge >= 0.3 is 0 Å². The number of rotatable bonds is 28. The van der Waals surface area contributed by atoms with Crippen molar-refractivity contribution in [3.05, 3.63) is 173 Å². The van der Waals surface area contributed by atoms with Crippen molar-refractivity contribution < 1.29 is 44.2 Å². The van der Waals surface area contributed by atoms with Crippen molar-refractivity contribution >= 4 is 68.7 Å². The van der Waals surface area contributed by atoms with Gasteiger partial charge in [-0.2, -0.15) is 15.3 Å². The average Bonchev–Trinajstić information content (AvgIpc) is 1.65. The summed E-state index contributed by atoms with van der Waals surface area (Å²) in [6.07, 6.45) is 23.0. The van der Waals surface area contributed by atoms with E-state index < -0.39 is 17.7 Å². The first kappa shape index (κ1) is 85.9. The Hall–Kier alpha value is -13.0. The summed E-state index contributed by atoms with van der Waals surface area (Å²) < 4.78 is 22.6. The van der Waals surface area contributed by atoms with Crippen LogP contribution in [0.2, 0.25) is 0 Å². The van der Waals surface area contributed by atoms with Gasteiger partial charge in [0, 0.05) is 97.6 Å². The van der Waals surface area contributed by atoms with E-state index in [0.29, 0.717) is 123 Å². The molecule has 3 aliphatic rings. The third-order valence-electron chi connectivity index (χ3n) is 22.1. The lowest BCUT2D eigenvalue weighted by atomic mass is 9.89. The van der Waals surface area contributed by atoms with Crippen molar-refractivity contribution in [2.75, 3.05) is 73.8 Å². The predicted molar refractivity (Wildman–Crippen MR) is 454 cm³/mol. The standard InChI is InChI=1S/C29H36N8O4.2C28H34N8O4/c1-4-6-22-24-25(36(3)34-22)28(39)33-26(32-24)21-15-19(9-10-23(21)41-5-2)8-7-18-11-13-37(14-12-18)29-30-16-20(17-31-29)27(38)35-40;2*1-4-6-21-23-24(35(3)33-21)27(38)32-25(31-23)20-14-18(7-8-22(20)40-5-2)13-17-9-11-36(12-10-17)28-29-15-19(16-30-28)26(37)34-39/h9-10,15-18,40H,4-8,11-14H2,1-3H3,(H,35,38)(H,32,33,39);2*7-8,14-17,39H,4-6,9-13H2,1-3H3,(H,34,37)(H,31,32,38). The molecule has 3 fully saturated rings. The van der Waals surface area contributed by atoms with E-state index in [1.807, 2.05) is 39.0 Å². The topological polar surface area (TPSA) is 453 Å². The van der Waals surface area contributed by atoms with Gasteiger partial charge in [0.2, 0.25) is 17.8 Å². The van der Waals surface area contributed by atoms with Crippen LogP contribution in [0.3, 0.4) is 0 Å². The highest BCUT2D eigenvalue weighted by Crippen LogP contribution is 2.37. The van der Waals surface area contributed by atoms with Crippen LogP contribution in [-0.2, 0) is 59.7 Å². The lowest BCUT2D eigenvalue weighted by Crippen LogP contribution is -2.35. The van der Waals surface area contributed by atoms with Crippen molar-refractivity contribution in [2.45, 2.75) is 144 Å². The number of aryl methyl sites for hydroxylation is 7. The molecule has 0 bridgehead atoms. The highest BCUT2D eigenvalue weighted by molar-refractivity contribution is 5.94. The molecule has 9 N–H and O–H groups in total. The number of nitrogens with one attached hydrogen (secondary N) is 6. The van der Waals surface area contributed by atoms with Crippen LogP contribution in [0.1, 0.15) is 171 Å². The number of aromatic nitrogens is 18. The van der Waals surface area contributed by atoms with Crippen LogP contribution in [0, 0.1) is 17.8 Å².